The van der Waals surface area contributed by atoms with Gasteiger partial charge in [-0.15, -0.1) is 0 Å². The van der Waals surface area contributed by atoms with Crippen molar-refractivity contribution in [2.24, 2.45) is 0 Å². The fraction of sp³-hybridized carbons (Fsp3) is 0.600. The average molecular weight is 236 g/mol. The van der Waals surface area contributed by atoms with E-state index < -0.39 is 0 Å². The van der Waals surface area contributed by atoms with Crippen LogP contribution in [-0.2, 0) is 6.42 Å². The Morgan fingerprint density at radius 1 is 1.06 bits per heavy atom. The minimum atomic E-state index is 0.833. The number of rotatable bonds is 9. The van der Waals surface area contributed by atoms with Gasteiger partial charge < -0.3 is 10.1 Å². The third kappa shape index (κ3) is 5.73. The van der Waals surface area contributed by atoms with Crippen molar-refractivity contribution in [3.8, 4) is 5.75 Å². The van der Waals surface area contributed by atoms with Gasteiger partial charge in [-0.1, -0.05) is 38.5 Å². The van der Waals surface area contributed by atoms with Crippen LogP contribution < -0.4 is 10.1 Å². The average Bonchev–Trinajstić information content (AvgIpc) is 2.38. The van der Waals surface area contributed by atoms with Gasteiger partial charge in [-0.3, -0.25) is 0 Å². The van der Waals surface area contributed by atoms with Gasteiger partial charge in [0.15, 0.2) is 0 Å². The van der Waals surface area contributed by atoms with Crippen LogP contribution in [0.5, 0.6) is 5.75 Å². The minimum absolute atomic E-state index is 0.833. The van der Waals surface area contributed by atoms with E-state index in [0.29, 0.717) is 0 Å². The van der Waals surface area contributed by atoms with Crippen LogP contribution in [0.3, 0.4) is 0 Å². The largest absolute Gasteiger partial charge is 0.493 e. The molecule has 0 atom stereocenters. The summed E-state index contributed by atoms with van der Waals surface area (Å²) in [6, 6.07) is 8.33. The Labute approximate surface area is 105 Å². The molecule has 0 unspecified atom stereocenters. The first-order valence-electron chi connectivity index (χ1n) is 6.90. The van der Waals surface area contributed by atoms with Crippen LogP contribution in [0.1, 0.15) is 38.7 Å². The van der Waals surface area contributed by atoms with Gasteiger partial charge in [0.2, 0.25) is 0 Å². The lowest BCUT2D eigenvalue weighted by Crippen LogP contribution is -2.84. The molecule has 0 aliphatic heterocycles. The molecule has 0 heterocycles. The van der Waals surface area contributed by atoms with Gasteiger partial charge >= 0.3 is 0 Å². The zero-order chi connectivity index (χ0) is 12.3. The molecular formula is C15H26NO+. The lowest BCUT2D eigenvalue weighted by molar-refractivity contribution is -0.655. The molecule has 2 N–H and O–H groups in total. The Balaban J connectivity index is 2.13. The van der Waals surface area contributed by atoms with Crippen LogP contribution in [0, 0.1) is 0 Å². The number of benzene rings is 1. The molecule has 0 saturated heterocycles. The topological polar surface area (TPSA) is 25.8 Å². The Morgan fingerprint density at radius 3 is 2.59 bits per heavy atom. The van der Waals surface area contributed by atoms with Crippen LogP contribution >= 0.6 is 0 Å². The summed E-state index contributed by atoms with van der Waals surface area (Å²) in [5, 5.41) is 2.39. The fourth-order valence-electron chi connectivity index (χ4n) is 1.84. The zero-order valence-electron chi connectivity index (χ0n) is 11.2. The second-order valence-corrected chi connectivity index (χ2v) is 4.38. The zero-order valence-corrected chi connectivity index (χ0v) is 11.2. The molecule has 2 heteroatoms. The van der Waals surface area contributed by atoms with Crippen LogP contribution in [-0.4, -0.2) is 19.7 Å². The highest BCUT2D eigenvalue weighted by atomic mass is 16.5. The molecule has 1 aromatic rings. The first-order chi connectivity index (χ1) is 8.38. The van der Waals surface area contributed by atoms with Gasteiger partial charge in [-0.25, -0.2) is 0 Å². The third-order valence-electron chi connectivity index (χ3n) is 2.93. The summed E-state index contributed by atoms with van der Waals surface area (Å²) in [4.78, 5) is 0. The molecule has 1 aromatic carbocycles. The molecule has 0 aliphatic rings. The smallest absolute Gasteiger partial charge is 0.122 e. The maximum atomic E-state index is 5.81. The predicted molar refractivity (Wildman–Crippen MR) is 72.5 cm³/mol. The summed E-state index contributed by atoms with van der Waals surface area (Å²) >= 11 is 0. The first-order valence-corrected chi connectivity index (χ1v) is 6.90. The van der Waals surface area contributed by atoms with Gasteiger partial charge in [-0.2, -0.15) is 0 Å². The van der Waals surface area contributed by atoms with Gasteiger partial charge in [0, 0.05) is 6.42 Å². The van der Waals surface area contributed by atoms with Crippen LogP contribution in [0.25, 0.3) is 0 Å². The van der Waals surface area contributed by atoms with E-state index in [1.54, 1.807) is 0 Å². The summed E-state index contributed by atoms with van der Waals surface area (Å²) in [6.45, 7) is 7.66. The molecule has 0 bridgehead atoms. The van der Waals surface area contributed by atoms with Crippen molar-refractivity contribution < 1.29 is 10.1 Å². The van der Waals surface area contributed by atoms with Crippen LogP contribution in [0.2, 0.25) is 0 Å². The molecule has 0 radical (unpaired) electrons. The highest BCUT2D eigenvalue weighted by Crippen LogP contribution is 2.18. The van der Waals surface area contributed by atoms with Crippen molar-refractivity contribution in [1.29, 1.82) is 0 Å². The lowest BCUT2D eigenvalue weighted by Gasteiger charge is -2.09. The Bertz CT molecular complexity index is 299. The van der Waals surface area contributed by atoms with E-state index in [-0.39, 0.29) is 0 Å². The SMILES string of the molecule is CCCC[NH2+]CCCOc1ccccc1CC. The maximum absolute atomic E-state index is 5.81. The molecule has 0 spiro atoms. The highest BCUT2D eigenvalue weighted by Gasteiger charge is 2.00. The van der Waals surface area contributed by atoms with E-state index in [1.165, 1.54) is 31.5 Å². The van der Waals surface area contributed by atoms with E-state index in [4.69, 9.17) is 4.74 Å². The summed E-state index contributed by atoms with van der Waals surface area (Å²) in [7, 11) is 0. The normalized spacial score (nSPS) is 10.5. The second-order valence-electron chi connectivity index (χ2n) is 4.38. The summed E-state index contributed by atoms with van der Waals surface area (Å²) in [6.07, 6.45) is 4.77. The quantitative estimate of drug-likeness (QED) is 0.655. The standard InChI is InChI=1S/C15H25NO/c1-3-5-11-16-12-8-13-17-15-10-7-6-9-14(15)4-2/h6-7,9-10,16H,3-5,8,11-13H2,1-2H3/p+1. The van der Waals surface area contributed by atoms with Gasteiger partial charge in [0.05, 0.1) is 19.7 Å². The molecule has 96 valence electrons. The van der Waals surface area contributed by atoms with Crippen molar-refractivity contribution in [3.63, 3.8) is 0 Å². The van der Waals surface area contributed by atoms with Crippen LogP contribution in [0.15, 0.2) is 24.3 Å². The number of quaternary nitrogens is 1. The van der Waals surface area contributed by atoms with Crippen molar-refractivity contribution >= 4 is 0 Å². The number of aryl methyl sites for hydroxylation is 1. The van der Waals surface area contributed by atoms with E-state index in [1.807, 2.05) is 6.07 Å². The summed E-state index contributed by atoms with van der Waals surface area (Å²) in [5.74, 6) is 1.06. The van der Waals surface area contributed by atoms with Crippen molar-refractivity contribution in [2.75, 3.05) is 19.7 Å². The van der Waals surface area contributed by atoms with Gasteiger partial charge in [0.25, 0.3) is 0 Å². The van der Waals surface area contributed by atoms with E-state index >= 15 is 0 Å². The molecule has 2 nitrogen and oxygen atoms in total. The summed E-state index contributed by atoms with van der Waals surface area (Å²) < 4.78 is 5.81. The molecule has 0 aromatic heterocycles. The minimum Gasteiger partial charge on any atom is -0.493 e. The maximum Gasteiger partial charge on any atom is 0.122 e. The number of unbranched alkanes of at least 4 members (excludes halogenated alkanes) is 1. The fourth-order valence-corrected chi connectivity index (χ4v) is 1.84. The third-order valence-corrected chi connectivity index (χ3v) is 2.93. The molecule has 17 heavy (non-hydrogen) atoms. The molecule has 0 saturated carbocycles. The molecule has 1 rings (SSSR count). The first kappa shape index (κ1) is 14.0. The van der Waals surface area contributed by atoms with Crippen molar-refractivity contribution in [2.45, 2.75) is 39.5 Å². The van der Waals surface area contributed by atoms with E-state index in [0.717, 1.165) is 25.2 Å². The van der Waals surface area contributed by atoms with Crippen molar-refractivity contribution in [1.82, 2.24) is 0 Å². The molecular weight excluding hydrogens is 210 g/mol. The molecule has 0 amide bonds. The Kier molecular flexibility index (Phi) is 7.48. The Morgan fingerprint density at radius 2 is 1.82 bits per heavy atom. The predicted octanol–water partition coefficient (Wildman–Crippen LogP) is 2.38. The summed E-state index contributed by atoms with van der Waals surface area (Å²) in [5.41, 5.74) is 1.31. The van der Waals surface area contributed by atoms with Gasteiger partial charge in [-0.05, 0) is 24.5 Å². The molecule has 0 fully saturated rings. The number of hydrogen-bond donors (Lipinski definition) is 1. The number of ether oxygens (including phenoxy) is 1. The van der Waals surface area contributed by atoms with Crippen molar-refractivity contribution in [3.05, 3.63) is 29.8 Å². The number of para-hydroxylation sites is 1. The van der Waals surface area contributed by atoms with Crippen LogP contribution in [0.4, 0.5) is 0 Å². The number of nitrogens with two attached hydrogens (primary N) is 1. The monoisotopic (exact) mass is 236 g/mol. The van der Waals surface area contributed by atoms with E-state index in [2.05, 4.69) is 37.4 Å². The Hall–Kier alpha value is -1.02. The lowest BCUT2D eigenvalue weighted by atomic mass is 10.1. The number of hydrogen-bond acceptors (Lipinski definition) is 1. The second kappa shape index (κ2) is 9.06. The molecule has 0 aliphatic carbocycles. The highest BCUT2D eigenvalue weighted by molar-refractivity contribution is 5.33. The van der Waals surface area contributed by atoms with Gasteiger partial charge in [0.1, 0.15) is 5.75 Å². The van der Waals surface area contributed by atoms with E-state index in [9.17, 15) is 0 Å².